The molecule has 48 heavy (non-hydrogen) atoms. The predicted molar refractivity (Wildman–Crippen MR) is 175 cm³/mol. The molecule has 2 aromatic heterocycles. The Morgan fingerprint density at radius 3 is 2.35 bits per heavy atom. The third-order valence-electron chi connectivity index (χ3n) is 7.69. The highest BCUT2D eigenvalue weighted by atomic mass is 16.5. The van der Waals surface area contributed by atoms with Crippen LogP contribution in [-0.4, -0.2) is 82.5 Å². The standard InChI is InChI=1S/C34H39N5O9/c1-4-48-31(43)17-28(33(45)38-26(34(46)47-3)11-12-30(41)42)39-32(44)27(15-21-18-35-25-8-6-5-7-23(21)25)37-29(40)16-22-14-20-13-19(2)9-10-24(20)36-22/h5-10,13-14,18,26-28,35-36H,4,11-12,15-17H2,1-3H3,(H,37,40)(H,38,45)(H,39,44)(H,41,42)/t26-,27-,28-/m0/s1. The van der Waals surface area contributed by atoms with E-state index < -0.39 is 66.6 Å². The minimum atomic E-state index is -1.53. The number of benzene rings is 2. The second-order valence-electron chi connectivity index (χ2n) is 11.3. The number of nitrogens with one attached hydrogen (secondary N) is 5. The molecule has 0 bridgehead atoms. The first-order valence-electron chi connectivity index (χ1n) is 15.5. The van der Waals surface area contributed by atoms with Crippen molar-refractivity contribution in [2.45, 2.75) is 64.1 Å². The summed E-state index contributed by atoms with van der Waals surface area (Å²) >= 11 is 0. The minimum Gasteiger partial charge on any atom is -0.481 e. The van der Waals surface area contributed by atoms with E-state index >= 15 is 0 Å². The molecule has 0 fully saturated rings. The lowest BCUT2D eigenvalue weighted by molar-refractivity contribution is -0.147. The number of H-pyrrole nitrogens is 2. The molecule has 4 rings (SSSR count). The van der Waals surface area contributed by atoms with E-state index in [-0.39, 0.29) is 25.9 Å². The van der Waals surface area contributed by atoms with Crippen LogP contribution in [-0.2, 0) is 51.1 Å². The van der Waals surface area contributed by atoms with Crippen LogP contribution >= 0.6 is 0 Å². The van der Waals surface area contributed by atoms with Crippen molar-refractivity contribution >= 4 is 57.4 Å². The summed E-state index contributed by atoms with van der Waals surface area (Å²) < 4.78 is 9.69. The Bertz CT molecular complexity index is 1810. The average molecular weight is 662 g/mol. The fraction of sp³-hybridized carbons (Fsp3) is 0.353. The summed E-state index contributed by atoms with van der Waals surface area (Å²) in [5.74, 6) is -5.09. The van der Waals surface area contributed by atoms with Gasteiger partial charge in [0.15, 0.2) is 0 Å². The number of carbonyl (C=O) groups excluding carboxylic acids is 5. The molecule has 0 unspecified atom stereocenters. The zero-order chi connectivity index (χ0) is 34.8. The van der Waals surface area contributed by atoms with E-state index in [1.54, 1.807) is 13.1 Å². The van der Waals surface area contributed by atoms with E-state index in [0.717, 1.165) is 40.0 Å². The quantitative estimate of drug-likeness (QED) is 0.0971. The van der Waals surface area contributed by atoms with Crippen molar-refractivity contribution in [2.24, 2.45) is 0 Å². The predicted octanol–water partition coefficient (Wildman–Crippen LogP) is 2.19. The number of carboxylic acids is 1. The number of methoxy groups -OCH3 is 1. The zero-order valence-corrected chi connectivity index (χ0v) is 26.9. The highest BCUT2D eigenvalue weighted by Gasteiger charge is 2.32. The molecular weight excluding hydrogens is 622 g/mol. The molecule has 0 saturated carbocycles. The van der Waals surface area contributed by atoms with Crippen LogP contribution in [0.25, 0.3) is 21.8 Å². The van der Waals surface area contributed by atoms with Gasteiger partial charge in [0.1, 0.15) is 18.1 Å². The lowest BCUT2D eigenvalue weighted by Crippen LogP contribution is -2.57. The van der Waals surface area contributed by atoms with Crippen molar-refractivity contribution in [1.82, 2.24) is 25.9 Å². The molecule has 3 amide bonds. The van der Waals surface area contributed by atoms with E-state index in [0.29, 0.717) is 5.69 Å². The molecule has 0 spiro atoms. The van der Waals surface area contributed by atoms with Crippen molar-refractivity contribution in [1.29, 1.82) is 0 Å². The summed E-state index contributed by atoms with van der Waals surface area (Å²) in [6.45, 7) is 3.55. The fourth-order valence-corrected chi connectivity index (χ4v) is 5.35. The van der Waals surface area contributed by atoms with Crippen molar-refractivity contribution in [2.75, 3.05) is 13.7 Å². The molecule has 4 aromatic rings. The van der Waals surface area contributed by atoms with Crippen LogP contribution in [0.15, 0.2) is 54.7 Å². The number of aliphatic carboxylic acids is 1. The van der Waals surface area contributed by atoms with Crippen LogP contribution in [0.5, 0.6) is 0 Å². The topological polar surface area (TPSA) is 209 Å². The molecule has 0 aliphatic rings. The summed E-state index contributed by atoms with van der Waals surface area (Å²) in [5.41, 5.74) is 4.10. The minimum absolute atomic E-state index is 0.0110. The molecule has 3 atom stereocenters. The smallest absolute Gasteiger partial charge is 0.328 e. The SMILES string of the molecule is CCOC(=O)C[C@H](NC(=O)[C@H](Cc1c[nH]c2ccccc12)NC(=O)Cc1cc2cc(C)ccc2[nH]1)C(=O)N[C@@H](CCC(=O)O)C(=O)OC. The average Bonchev–Trinajstić information content (AvgIpc) is 3.64. The van der Waals surface area contributed by atoms with Crippen molar-refractivity contribution in [3.05, 3.63) is 71.5 Å². The van der Waals surface area contributed by atoms with Crippen molar-refractivity contribution in [3.8, 4) is 0 Å². The molecule has 0 aliphatic heterocycles. The van der Waals surface area contributed by atoms with Gasteiger partial charge in [0.05, 0.1) is 26.6 Å². The summed E-state index contributed by atoms with van der Waals surface area (Å²) in [6, 6.07) is 11.1. The number of aromatic amines is 2. The van der Waals surface area contributed by atoms with E-state index in [1.165, 1.54) is 0 Å². The van der Waals surface area contributed by atoms with Gasteiger partial charge in [0.25, 0.3) is 0 Å². The number of rotatable bonds is 16. The first-order chi connectivity index (χ1) is 23.0. The van der Waals surface area contributed by atoms with Gasteiger partial charge in [0, 0.05) is 41.2 Å². The van der Waals surface area contributed by atoms with Gasteiger partial charge in [-0.05, 0) is 55.5 Å². The molecule has 0 saturated heterocycles. The van der Waals surface area contributed by atoms with Gasteiger partial charge in [-0.25, -0.2) is 4.79 Å². The number of hydrogen-bond acceptors (Lipinski definition) is 8. The normalized spacial score (nSPS) is 12.9. The lowest BCUT2D eigenvalue weighted by atomic mass is 10.0. The molecule has 0 radical (unpaired) electrons. The zero-order valence-electron chi connectivity index (χ0n) is 26.9. The monoisotopic (exact) mass is 661 g/mol. The molecule has 6 N–H and O–H groups in total. The number of aryl methyl sites for hydroxylation is 1. The van der Waals surface area contributed by atoms with E-state index in [2.05, 4.69) is 25.9 Å². The first kappa shape index (κ1) is 35.2. The molecular formula is C34H39N5O9. The van der Waals surface area contributed by atoms with Crippen LogP contribution < -0.4 is 16.0 Å². The Hall–Kier alpha value is -5.66. The number of hydrogen-bond donors (Lipinski definition) is 6. The maximum Gasteiger partial charge on any atom is 0.328 e. The van der Waals surface area contributed by atoms with Gasteiger partial charge >= 0.3 is 17.9 Å². The van der Waals surface area contributed by atoms with Crippen molar-refractivity contribution in [3.63, 3.8) is 0 Å². The van der Waals surface area contributed by atoms with E-state index in [9.17, 15) is 28.8 Å². The third kappa shape index (κ3) is 9.44. The van der Waals surface area contributed by atoms with E-state index in [4.69, 9.17) is 14.6 Å². The number of carboxylic acid groups (broad SMARTS) is 1. The maximum atomic E-state index is 13.9. The number of aromatic nitrogens is 2. The number of carbonyl (C=O) groups is 6. The Morgan fingerprint density at radius 1 is 0.896 bits per heavy atom. The lowest BCUT2D eigenvalue weighted by Gasteiger charge is -2.24. The van der Waals surface area contributed by atoms with Gasteiger partial charge in [0.2, 0.25) is 17.7 Å². The second-order valence-corrected chi connectivity index (χ2v) is 11.3. The van der Waals surface area contributed by atoms with Crippen LogP contribution in [0.3, 0.4) is 0 Å². The molecule has 254 valence electrons. The van der Waals surface area contributed by atoms with Crippen LogP contribution in [0.1, 0.15) is 43.0 Å². The Morgan fingerprint density at radius 2 is 1.62 bits per heavy atom. The number of para-hydroxylation sites is 1. The Balaban J connectivity index is 1.58. The van der Waals surface area contributed by atoms with Gasteiger partial charge in [-0.3, -0.25) is 24.0 Å². The van der Waals surface area contributed by atoms with Gasteiger partial charge in [-0.1, -0.05) is 29.8 Å². The fourth-order valence-electron chi connectivity index (χ4n) is 5.35. The van der Waals surface area contributed by atoms with Gasteiger partial charge in [-0.15, -0.1) is 0 Å². The summed E-state index contributed by atoms with van der Waals surface area (Å²) in [5, 5.41) is 18.5. The Kier molecular flexibility index (Phi) is 11.9. The van der Waals surface area contributed by atoms with E-state index in [1.807, 2.05) is 55.5 Å². The second kappa shape index (κ2) is 16.3. The van der Waals surface area contributed by atoms with Crippen LogP contribution in [0, 0.1) is 6.92 Å². The van der Waals surface area contributed by atoms with Crippen LogP contribution in [0.2, 0.25) is 0 Å². The Labute approximate surface area is 275 Å². The van der Waals surface area contributed by atoms with Crippen LogP contribution in [0.4, 0.5) is 0 Å². The molecule has 14 nitrogen and oxygen atoms in total. The molecule has 14 heteroatoms. The number of fused-ring (bicyclic) bond motifs is 2. The number of esters is 2. The van der Waals surface area contributed by atoms with Gasteiger partial charge < -0.3 is 40.5 Å². The van der Waals surface area contributed by atoms with Crippen molar-refractivity contribution < 1.29 is 43.3 Å². The highest BCUT2D eigenvalue weighted by Crippen LogP contribution is 2.20. The maximum absolute atomic E-state index is 13.9. The largest absolute Gasteiger partial charge is 0.481 e. The molecule has 0 aliphatic carbocycles. The third-order valence-corrected chi connectivity index (χ3v) is 7.69. The summed E-state index contributed by atoms with van der Waals surface area (Å²) in [4.78, 5) is 82.9. The highest BCUT2D eigenvalue weighted by molar-refractivity contribution is 5.96. The number of amides is 3. The number of ether oxygens (including phenoxy) is 2. The molecule has 2 aromatic carbocycles. The molecule has 2 heterocycles. The summed E-state index contributed by atoms with van der Waals surface area (Å²) in [6.07, 6.45) is 0.348. The summed E-state index contributed by atoms with van der Waals surface area (Å²) in [7, 11) is 1.08. The first-order valence-corrected chi connectivity index (χ1v) is 15.5. The van der Waals surface area contributed by atoms with Gasteiger partial charge in [-0.2, -0.15) is 0 Å².